The molecule has 2 unspecified atom stereocenters. The van der Waals surface area contributed by atoms with Crippen LogP contribution in [0.3, 0.4) is 0 Å². The van der Waals surface area contributed by atoms with E-state index in [-0.39, 0.29) is 28.9 Å². The summed E-state index contributed by atoms with van der Waals surface area (Å²) in [7, 11) is 0. The minimum Gasteiger partial charge on any atom is -0.358 e. The molecule has 0 saturated heterocycles. The Morgan fingerprint density at radius 1 is 1.07 bits per heavy atom. The summed E-state index contributed by atoms with van der Waals surface area (Å²) in [6.07, 6.45) is 4.46. The van der Waals surface area contributed by atoms with Gasteiger partial charge in [-0.1, -0.05) is 38.1 Å². The third-order valence-electron chi connectivity index (χ3n) is 5.84. The molecular weight excluding hydrogens is 351 g/mol. The zero-order chi connectivity index (χ0) is 19.5. The van der Waals surface area contributed by atoms with E-state index in [2.05, 4.69) is 30.2 Å². The van der Waals surface area contributed by atoms with Crippen LogP contribution in [-0.2, 0) is 4.79 Å². The molecule has 0 radical (unpaired) electrons. The fraction of sp³-hybridized carbons (Fsp3) is 0.250. The van der Waals surface area contributed by atoms with E-state index in [1.807, 2.05) is 24.3 Å². The van der Waals surface area contributed by atoms with Crippen molar-refractivity contribution in [1.82, 2.24) is 4.98 Å². The molecule has 2 aliphatic rings. The molecule has 1 aromatic heterocycles. The lowest BCUT2D eigenvalue weighted by Gasteiger charge is -2.42. The molecule has 0 spiro atoms. The van der Waals surface area contributed by atoms with Crippen LogP contribution in [-0.4, -0.2) is 10.8 Å². The van der Waals surface area contributed by atoms with E-state index >= 15 is 0 Å². The molecular formula is C24H21FN2O. The van der Waals surface area contributed by atoms with Crippen LogP contribution in [0, 0.1) is 17.2 Å². The number of hydrogen-bond donors (Lipinski definition) is 1. The zero-order valence-electron chi connectivity index (χ0n) is 15.9. The van der Waals surface area contributed by atoms with Gasteiger partial charge in [0, 0.05) is 35.3 Å². The Hall–Kier alpha value is -3.01. The number of allylic oxidation sites excluding steroid dienone is 2. The number of benzene rings is 2. The van der Waals surface area contributed by atoms with E-state index in [4.69, 9.17) is 0 Å². The normalized spacial score (nSPS) is 22.8. The number of aromatic nitrogens is 1. The van der Waals surface area contributed by atoms with Crippen molar-refractivity contribution < 1.29 is 9.18 Å². The Labute approximate surface area is 163 Å². The molecule has 28 heavy (non-hydrogen) atoms. The first-order valence-corrected chi connectivity index (χ1v) is 9.58. The van der Waals surface area contributed by atoms with Crippen LogP contribution in [0.5, 0.6) is 0 Å². The molecule has 140 valence electrons. The molecule has 5 rings (SSSR count). The Morgan fingerprint density at radius 2 is 1.86 bits per heavy atom. The van der Waals surface area contributed by atoms with Gasteiger partial charge in [-0.25, -0.2) is 4.39 Å². The molecule has 3 nitrogen and oxygen atoms in total. The van der Waals surface area contributed by atoms with E-state index in [9.17, 15) is 9.18 Å². The molecule has 1 aliphatic heterocycles. The lowest BCUT2D eigenvalue weighted by Crippen LogP contribution is -2.39. The van der Waals surface area contributed by atoms with E-state index < -0.39 is 0 Å². The topological polar surface area (TPSA) is 42.0 Å². The summed E-state index contributed by atoms with van der Waals surface area (Å²) in [5.41, 5.74) is 4.66. The third-order valence-corrected chi connectivity index (χ3v) is 5.84. The fourth-order valence-corrected chi connectivity index (χ4v) is 4.74. The summed E-state index contributed by atoms with van der Waals surface area (Å²) in [6, 6.07) is 14.5. The van der Waals surface area contributed by atoms with Crippen molar-refractivity contribution in [2.45, 2.75) is 26.2 Å². The van der Waals surface area contributed by atoms with Crippen molar-refractivity contribution in [2.24, 2.45) is 11.3 Å². The number of fused-ring (bicyclic) bond motifs is 4. The number of nitrogens with one attached hydrogen (secondary N) is 1. The molecule has 0 saturated carbocycles. The number of rotatable bonds is 1. The number of ketones is 1. The highest BCUT2D eigenvalue weighted by atomic mass is 19.1. The van der Waals surface area contributed by atoms with Gasteiger partial charge in [0.05, 0.1) is 11.4 Å². The fourth-order valence-electron chi connectivity index (χ4n) is 4.74. The van der Waals surface area contributed by atoms with E-state index in [1.54, 1.807) is 18.3 Å². The van der Waals surface area contributed by atoms with Gasteiger partial charge >= 0.3 is 0 Å². The quantitative estimate of drug-likeness (QED) is 0.619. The van der Waals surface area contributed by atoms with Crippen molar-refractivity contribution in [3.05, 3.63) is 83.4 Å². The number of carbonyl (C=O) groups excluding carboxylic acids is 1. The second-order valence-corrected chi connectivity index (χ2v) is 8.46. The highest BCUT2D eigenvalue weighted by molar-refractivity contribution is 5.95. The molecule has 4 heteroatoms. The Balaban J connectivity index is 1.82. The van der Waals surface area contributed by atoms with E-state index in [0.717, 1.165) is 33.4 Å². The van der Waals surface area contributed by atoms with E-state index in [0.29, 0.717) is 6.42 Å². The number of halogens is 1. The maximum Gasteiger partial charge on any atom is 0.143 e. The summed E-state index contributed by atoms with van der Waals surface area (Å²) >= 11 is 0. The third kappa shape index (κ3) is 2.63. The second kappa shape index (κ2) is 5.99. The minimum atomic E-state index is -0.295. The van der Waals surface area contributed by atoms with Gasteiger partial charge in [0.2, 0.25) is 0 Å². The minimum absolute atomic E-state index is 0.167. The summed E-state index contributed by atoms with van der Waals surface area (Å²) in [6.45, 7) is 4.17. The van der Waals surface area contributed by atoms with Crippen LogP contribution in [0.15, 0.2) is 66.5 Å². The maximum absolute atomic E-state index is 13.6. The lowest BCUT2D eigenvalue weighted by atomic mass is 9.66. The maximum atomic E-state index is 13.6. The number of anilines is 1. The van der Waals surface area contributed by atoms with Crippen molar-refractivity contribution >= 4 is 22.4 Å². The van der Waals surface area contributed by atoms with Crippen molar-refractivity contribution in [1.29, 1.82) is 0 Å². The van der Waals surface area contributed by atoms with Crippen molar-refractivity contribution in [3.8, 4) is 0 Å². The summed E-state index contributed by atoms with van der Waals surface area (Å²) in [5.74, 6) is -0.517. The molecule has 0 bridgehead atoms. The van der Waals surface area contributed by atoms with Gasteiger partial charge in [-0.05, 0) is 46.9 Å². The second-order valence-electron chi connectivity index (χ2n) is 8.46. The van der Waals surface area contributed by atoms with Gasteiger partial charge in [0.1, 0.15) is 11.6 Å². The van der Waals surface area contributed by atoms with Gasteiger partial charge in [-0.3, -0.25) is 9.78 Å². The number of Topliss-reactive ketones (excluding diaryl/α,β-unsaturated/α-hetero) is 1. The van der Waals surface area contributed by atoms with Gasteiger partial charge in [-0.15, -0.1) is 0 Å². The van der Waals surface area contributed by atoms with Crippen molar-refractivity contribution in [3.63, 3.8) is 0 Å². The average molecular weight is 372 g/mol. The number of carbonyl (C=O) groups is 1. The van der Waals surface area contributed by atoms with Crippen LogP contribution in [0.4, 0.5) is 10.1 Å². The molecule has 2 heterocycles. The Morgan fingerprint density at radius 3 is 2.64 bits per heavy atom. The number of hydrogen-bond acceptors (Lipinski definition) is 3. The average Bonchev–Trinajstić information content (AvgIpc) is 2.66. The molecule has 1 N–H and O–H groups in total. The number of nitrogens with zero attached hydrogens (tertiary/aromatic N) is 1. The molecule has 0 fully saturated rings. The standard InChI is InChI=1S/C24H21FN2O/c1-24(2)12-19-23(20(28)13-24)21(14-5-7-15(25)8-6-14)22-16-4-3-11-26-17(16)9-10-18(22)27-19/h3-12,21,23,27H,13H2,1-2H3. The molecule has 3 aromatic rings. The smallest absolute Gasteiger partial charge is 0.143 e. The largest absolute Gasteiger partial charge is 0.358 e. The lowest BCUT2D eigenvalue weighted by molar-refractivity contribution is -0.124. The SMILES string of the molecule is CC1(C)C=C2Nc3ccc4ncccc4c3C(c3ccc(F)cc3)C2C(=O)C1. The molecule has 2 aromatic carbocycles. The predicted octanol–water partition coefficient (Wildman–Crippen LogP) is 5.43. The molecule has 2 atom stereocenters. The number of pyridine rings is 1. The first-order valence-electron chi connectivity index (χ1n) is 9.58. The highest BCUT2D eigenvalue weighted by Crippen LogP contribution is 2.51. The predicted molar refractivity (Wildman–Crippen MR) is 109 cm³/mol. The summed E-state index contributed by atoms with van der Waals surface area (Å²) < 4.78 is 13.6. The first-order chi connectivity index (χ1) is 13.4. The van der Waals surface area contributed by atoms with Crippen molar-refractivity contribution in [2.75, 3.05) is 5.32 Å². The van der Waals surface area contributed by atoms with Gasteiger partial charge in [-0.2, -0.15) is 0 Å². The Bertz CT molecular complexity index is 1130. The van der Waals surface area contributed by atoms with Gasteiger partial charge < -0.3 is 5.32 Å². The zero-order valence-corrected chi connectivity index (χ0v) is 15.9. The van der Waals surface area contributed by atoms with Gasteiger partial charge in [0.25, 0.3) is 0 Å². The van der Waals surface area contributed by atoms with Crippen LogP contribution < -0.4 is 5.32 Å². The van der Waals surface area contributed by atoms with Crippen LogP contribution in [0.2, 0.25) is 0 Å². The van der Waals surface area contributed by atoms with Crippen LogP contribution >= 0.6 is 0 Å². The van der Waals surface area contributed by atoms with Gasteiger partial charge in [0.15, 0.2) is 0 Å². The summed E-state index contributed by atoms with van der Waals surface area (Å²) in [5, 5.41) is 4.55. The van der Waals surface area contributed by atoms with Crippen LogP contribution in [0.1, 0.15) is 37.3 Å². The highest BCUT2D eigenvalue weighted by Gasteiger charge is 2.44. The van der Waals surface area contributed by atoms with E-state index in [1.165, 1.54) is 12.1 Å². The first kappa shape index (κ1) is 17.1. The molecule has 1 aliphatic carbocycles. The molecule has 0 amide bonds. The monoisotopic (exact) mass is 372 g/mol. The van der Waals surface area contributed by atoms with Crippen LogP contribution in [0.25, 0.3) is 10.9 Å². The summed E-state index contributed by atoms with van der Waals surface area (Å²) in [4.78, 5) is 17.8. The Kier molecular flexibility index (Phi) is 3.66.